The minimum Gasteiger partial charge on any atom is -0.481 e. The van der Waals surface area contributed by atoms with Crippen LogP contribution >= 0.6 is 0 Å². The van der Waals surface area contributed by atoms with Crippen molar-refractivity contribution in [3.05, 3.63) is 59.2 Å². The van der Waals surface area contributed by atoms with Crippen molar-refractivity contribution in [1.29, 1.82) is 0 Å². The summed E-state index contributed by atoms with van der Waals surface area (Å²) in [5.41, 5.74) is 2.60. The van der Waals surface area contributed by atoms with Crippen LogP contribution in [0.3, 0.4) is 0 Å². The highest BCUT2D eigenvalue weighted by Crippen LogP contribution is 2.22. The molecule has 1 amide bonds. The number of hydrogen-bond donors (Lipinski definition) is 2. The van der Waals surface area contributed by atoms with Crippen LogP contribution in [0.2, 0.25) is 0 Å². The normalized spacial score (nSPS) is 11.1. The van der Waals surface area contributed by atoms with Gasteiger partial charge in [-0.3, -0.25) is 14.3 Å². The van der Waals surface area contributed by atoms with E-state index in [0.717, 1.165) is 11.1 Å². The number of carboxylic acid groups (broad SMARTS) is 1. The van der Waals surface area contributed by atoms with Crippen molar-refractivity contribution in [3.63, 3.8) is 0 Å². The molecular weight excluding hydrogens is 368 g/mol. The van der Waals surface area contributed by atoms with Crippen LogP contribution in [0.15, 0.2) is 47.4 Å². The third-order valence-electron chi connectivity index (χ3n) is 4.27. The number of sulfonamides is 1. The quantitative estimate of drug-likeness (QED) is 0.756. The van der Waals surface area contributed by atoms with Gasteiger partial charge in [0, 0.05) is 19.2 Å². The molecule has 0 atom stereocenters. The van der Waals surface area contributed by atoms with E-state index in [0.29, 0.717) is 5.69 Å². The molecule has 0 unspecified atom stereocenters. The number of hydrogen-bond acceptors (Lipinski definition) is 4. The lowest BCUT2D eigenvalue weighted by Gasteiger charge is -2.16. The molecular formula is C19H22N2O5S. The average molecular weight is 390 g/mol. The second-order valence-corrected chi connectivity index (χ2v) is 7.93. The van der Waals surface area contributed by atoms with Crippen LogP contribution in [0, 0.1) is 13.8 Å². The molecule has 2 aromatic rings. The molecule has 0 bridgehead atoms. The topological polar surface area (TPSA) is 104 Å². The fourth-order valence-electron chi connectivity index (χ4n) is 2.43. The Morgan fingerprint density at radius 1 is 1.07 bits per heavy atom. The molecule has 27 heavy (non-hydrogen) atoms. The molecule has 0 radical (unpaired) electrons. The van der Waals surface area contributed by atoms with Gasteiger partial charge >= 0.3 is 5.97 Å². The molecule has 0 saturated heterocycles. The van der Waals surface area contributed by atoms with Crippen LogP contribution in [0.1, 0.15) is 27.9 Å². The number of aryl methyl sites for hydroxylation is 1. The highest BCUT2D eigenvalue weighted by Gasteiger charge is 2.18. The van der Waals surface area contributed by atoms with Gasteiger partial charge in [0.25, 0.3) is 15.9 Å². The summed E-state index contributed by atoms with van der Waals surface area (Å²) < 4.78 is 27.7. The lowest BCUT2D eigenvalue weighted by Crippen LogP contribution is -2.29. The molecule has 0 spiro atoms. The zero-order chi connectivity index (χ0) is 20.2. The maximum atomic E-state index is 12.6. The molecule has 2 rings (SSSR count). The number of amides is 1. The van der Waals surface area contributed by atoms with Gasteiger partial charge in [-0.2, -0.15) is 0 Å². The predicted octanol–water partition coefficient (Wildman–Crippen LogP) is 2.65. The summed E-state index contributed by atoms with van der Waals surface area (Å²) in [4.78, 5) is 24.2. The molecule has 0 aromatic heterocycles. The van der Waals surface area contributed by atoms with Gasteiger partial charge in [-0.15, -0.1) is 0 Å². The Balaban J connectivity index is 2.17. The summed E-state index contributed by atoms with van der Waals surface area (Å²) in [6.07, 6.45) is -0.158. The van der Waals surface area contributed by atoms with Crippen molar-refractivity contribution in [1.82, 2.24) is 4.90 Å². The third-order valence-corrected chi connectivity index (χ3v) is 5.65. The number of rotatable bonds is 7. The number of benzene rings is 2. The fourth-order valence-corrected chi connectivity index (χ4v) is 3.55. The zero-order valence-electron chi connectivity index (χ0n) is 15.4. The standard InChI is InChI=1S/C19H22N2O5S/c1-13-5-4-6-17(14(13)2)20-27(25,26)16-9-7-15(8-10-16)19(24)21(3)12-11-18(22)23/h4-10,20H,11-12H2,1-3H3,(H,22,23). The maximum Gasteiger partial charge on any atom is 0.305 e. The summed E-state index contributed by atoms with van der Waals surface area (Å²) in [7, 11) is -2.29. The molecule has 0 heterocycles. The van der Waals surface area contributed by atoms with E-state index in [4.69, 9.17) is 5.11 Å². The minimum absolute atomic E-state index is 0.0353. The Labute approximate surface area is 158 Å². The molecule has 0 aliphatic carbocycles. The second kappa shape index (κ2) is 8.22. The first kappa shape index (κ1) is 20.4. The Kier molecular flexibility index (Phi) is 6.22. The summed E-state index contributed by atoms with van der Waals surface area (Å²) in [5, 5.41) is 8.69. The van der Waals surface area contributed by atoms with Gasteiger partial charge in [0.15, 0.2) is 0 Å². The average Bonchev–Trinajstić information content (AvgIpc) is 2.63. The molecule has 2 aromatic carbocycles. The summed E-state index contributed by atoms with van der Waals surface area (Å²) in [6, 6.07) is 10.9. The number of nitrogens with one attached hydrogen (secondary N) is 1. The molecule has 8 heteroatoms. The van der Waals surface area contributed by atoms with Crippen molar-refractivity contribution < 1.29 is 23.1 Å². The zero-order valence-corrected chi connectivity index (χ0v) is 16.2. The molecule has 0 aliphatic heterocycles. The van der Waals surface area contributed by atoms with Crippen molar-refractivity contribution >= 4 is 27.6 Å². The SMILES string of the molecule is Cc1cccc(NS(=O)(=O)c2ccc(C(=O)N(C)CCC(=O)O)cc2)c1C. The number of carbonyl (C=O) groups is 2. The number of carbonyl (C=O) groups excluding carboxylic acids is 1. The molecule has 7 nitrogen and oxygen atoms in total. The van der Waals surface area contributed by atoms with Gasteiger partial charge in [0.05, 0.1) is 17.0 Å². The van der Waals surface area contributed by atoms with E-state index >= 15 is 0 Å². The Morgan fingerprint density at radius 3 is 2.30 bits per heavy atom. The fraction of sp³-hybridized carbons (Fsp3) is 0.263. The van der Waals surface area contributed by atoms with E-state index in [2.05, 4.69) is 4.72 Å². The molecule has 2 N–H and O–H groups in total. The van der Waals surface area contributed by atoms with Gasteiger partial charge in [-0.25, -0.2) is 8.42 Å². The van der Waals surface area contributed by atoms with Gasteiger partial charge in [-0.05, 0) is 55.3 Å². The van der Waals surface area contributed by atoms with Crippen LogP contribution in [0.25, 0.3) is 0 Å². The van der Waals surface area contributed by atoms with Crippen LogP contribution in [0.5, 0.6) is 0 Å². The van der Waals surface area contributed by atoms with Crippen molar-refractivity contribution in [3.8, 4) is 0 Å². The van der Waals surface area contributed by atoms with Crippen molar-refractivity contribution in [2.75, 3.05) is 18.3 Å². The van der Waals surface area contributed by atoms with Gasteiger partial charge in [-0.1, -0.05) is 12.1 Å². The van der Waals surface area contributed by atoms with Crippen LogP contribution in [-0.4, -0.2) is 43.9 Å². The summed E-state index contributed by atoms with van der Waals surface area (Å²) in [5.74, 6) is -1.36. The second-order valence-electron chi connectivity index (χ2n) is 6.25. The van der Waals surface area contributed by atoms with Crippen molar-refractivity contribution in [2.24, 2.45) is 0 Å². The molecule has 144 valence electrons. The van der Waals surface area contributed by atoms with Crippen LogP contribution < -0.4 is 4.72 Å². The van der Waals surface area contributed by atoms with Crippen LogP contribution in [0.4, 0.5) is 5.69 Å². The minimum atomic E-state index is -3.79. The first-order valence-electron chi connectivity index (χ1n) is 8.28. The van der Waals surface area contributed by atoms with E-state index in [1.807, 2.05) is 19.9 Å². The predicted molar refractivity (Wildman–Crippen MR) is 102 cm³/mol. The number of carboxylic acids is 1. The highest BCUT2D eigenvalue weighted by molar-refractivity contribution is 7.92. The Morgan fingerprint density at radius 2 is 1.70 bits per heavy atom. The van der Waals surface area contributed by atoms with Gasteiger partial charge in [0.2, 0.25) is 0 Å². The van der Waals surface area contributed by atoms with Crippen molar-refractivity contribution in [2.45, 2.75) is 25.2 Å². The highest BCUT2D eigenvalue weighted by atomic mass is 32.2. The molecule has 0 saturated carbocycles. The smallest absolute Gasteiger partial charge is 0.305 e. The lowest BCUT2D eigenvalue weighted by molar-refractivity contribution is -0.137. The number of aliphatic carboxylic acids is 1. The maximum absolute atomic E-state index is 12.6. The Hall–Kier alpha value is -2.87. The summed E-state index contributed by atoms with van der Waals surface area (Å²) in [6.45, 7) is 3.80. The lowest BCUT2D eigenvalue weighted by atomic mass is 10.1. The number of nitrogens with zero attached hydrogens (tertiary/aromatic N) is 1. The first-order valence-corrected chi connectivity index (χ1v) is 9.76. The molecule has 0 fully saturated rings. The van der Waals surface area contributed by atoms with Crippen LogP contribution in [-0.2, 0) is 14.8 Å². The van der Waals surface area contributed by atoms with E-state index in [1.165, 1.54) is 36.2 Å². The third kappa shape index (κ3) is 5.07. The van der Waals surface area contributed by atoms with E-state index in [1.54, 1.807) is 12.1 Å². The number of anilines is 1. The van der Waals surface area contributed by atoms with Gasteiger partial charge < -0.3 is 10.0 Å². The monoisotopic (exact) mass is 390 g/mol. The van der Waals surface area contributed by atoms with E-state index in [-0.39, 0.29) is 29.3 Å². The van der Waals surface area contributed by atoms with E-state index in [9.17, 15) is 18.0 Å². The largest absolute Gasteiger partial charge is 0.481 e. The summed E-state index contributed by atoms with van der Waals surface area (Å²) >= 11 is 0. The Bertz CT molecular complexity index is 953. The molecule has 0 aliphatic rings. The van der Waals surface area contributed by atoms with E-state index < -0.39 is 16.0 Å². The first-order chi connectivity index (χ1) is 12.6. The van der Waals surface area contributed by atoms with Gasteiger partial charge in [0.1, 0.15) is 0 Å².